The number of piperazine rings is 1. The van der Waals surface area contributed by atoms with Gasteiger partial charge in [-0.15, -0.1) is 0 Å². The number of aromatic nitrogens is 2. The summed E-state index contributed by atoms with van der Waals surface area (Å²) in [7, 11) is 2.17. The van der Waals surface area contributed by atoms with Crippen molar-refractivity contribution >= 4 is 5.91 Å². The van der Waals surface area contributed by atoms with Gasteiger partial charge in [0.1, 0.15) is 12.0 Å². The molecule has 3 fully saturated rings. The normalized spacial score (nSPS) is 31.6. The van der Waals surface area contributed by atoms with Crippen LogP contribution in [0.3, 0.4) is 0 Å². The molecule has 136 valence electrons. The van der Waals surface area contributed by atoms with Gasteiger partial charge >= 0.3 is 0 Å². The van der Waals surface area contributed by atoms with Gasteiger partial charge in [-0.1, -0.05) is 0 Å². The van der Waals surface area contributed by atoms with Crippen LogP contribution in [0.15, 0.2) is 18.6 Å². The molecule has 0 bridgehead atoms. The Morgan fingerprint density at radius 1 is 1.24 bits per heavy atom. The molecule has 4 heterocycles. The SMILES string of the molecule is CN1CCN([C@@H]2CN(C(=O)c3ccncn3)C[C@@H]3CCCO[C@@H]32)CC1. The second-order valence-corrected chi connectivity index (χ2v) is 7.45. The molecule has 1 aromatic rings. The number of piperidine rings is 1. The number of likely N-dealkylation sites (tertiary alicyclic amines) is 1. The summed E-state index contributed by atoms with van der Waals surface area (Å²) in [5.74, 6) is 0.448. The first kappa shape index (κ1) is 16.9. The summed E-state index contributed by atoms with van der Waals surface area (Å²) in [6.07, 6.45) is 5.57. The molecular weight excluding hydrogens is 318 g/mol. The lowest BCUT2D eigenvalue weighted by Gasteiger charge is -2.50. The maximum atomic E-state index is 12.9. The molecule has 1 amide bonds. The van der Waals surface area contributed by atoms with Gasteiger partial charge in [0.15, 0.2) is 0 Å². The van der Waals surface area contributed by atoms with Crippen molar-refractivity contribution in [1.29, 1.82) is 0 Å². The Morgan fingerprint density at radius 3 is 2.84 bits per heavy atom. The van der Waals surface area contributed by atoms with E-state index in [0.29, 0.717) is 17.7 Å². The minimum Gasteiger partial charge on any atom is -0.376 e. The number of carbonyl (C=O) groups is 1. The van der Waals surface area contributed by atoms with Crippen LogP contribution in [0, 0.1) is 5.92 Å². The van der Waals surface area contributed by atoms with Crippen LogP contribution >= 0.6 is 0 Å². The van der Waals surface area contributed by atoms with E-state index >= 15 is 0 Å². The fraction of sp³-hybridized carbons (Fsp3) is 0.722. The van der Waals surface area contributed by atoms with Crippen LogP contribution < -0.4 is 0 Å². The van der Waals surface area contributed by atoms with Crippen molar-refractivity contribution in [3.8, 4) is 0 Å². The van der Waals surface area contributed by atoms with E-state index in [-0.39, 0.29) is 12.0 Å². The third-order valence-electron chi connectivity index (χ3n) is 5.83. The molecule has 25 heavy (non-hydrogen) atoms. The van der Waals surface area contributed by atoms with E-state index in [2.05, 4.69) is 26.8 Å². The molecule has 0 unspecified atom stereocenters. The number of carbonyl (C=O) groups excluding carboxylic acids is 1. The second-order valence-electron chi connectivity index (χ2n) is 7.45. The van der Waals surface area contributed by atoms with Gasteiger partial charge in [0.05, 0.1) is 12.1 Å². The third-order valence-corrected chi connectivity index (χ3v) is 5.83. The van der Waals surface area contributed by atoms with E-state index in [1.807, 2.05) is 4.90 Å². The molecule has 7 heteroatoms. The zero-order valence-corrected chi connectivity index (χ0v) is 14.9. The maximum Gasteiger partial charge on any atom is 0.272 e. The lowest BCUT2D eigenvalue weighted by molar-refractivity contribution is -0.113. The van der Waals surface area contributed by atoms with Gasteiger partial charge in [0, 0.05) is 58.0 Å². The number of nitrogens with zero attached hydrogens (tertiary/aromatic N) is 5. The summed E-state index contributed by atoms with van der Waals surface area (Å²) in [5.41, 5.74) is 0.488. The topological polar surface area (TPSA) is 61.8 Å². The van der Waals surface area contributed by atoms with Crippen LogP contribution in [-0.4, -0.2) is 95.6 Å². The van der Waals surface area contributed by atoms with Crippen molar-refractivity contribution in [1.82, 2.24) is 24.7 Å². The summed E-state index contributed by atoms with van der Waals surface area (Å²) >= 11 is 0. The first-order valence-corrected chi connectivity index (χ1v) is 9.32. The number of hydrogen-bond acceptors (Lipinski definition) is 6. The summed E-state index contributed by atoms with van der Waals surface area (Å²) < 4.78 is 6.19. The van der Waals surface area contributed by atoms with Gasteiger partial charge < -0.3 is 14.5 Å². The molecule has 3 atom stereocenters. The number of hydrogen-bond donors (Lipinski definition) is 0. The van der Waals surface area contributed by atoms with Gasteiger partial charge in [-0.05, 0) is 26.0 Å². The molecule has 3 aliphatic heterocycles. The van der Waals surface area contributed by atoms with Crippen molar-refractivity contribution in [2.45, 2.75) is 25.0 Å². The first-order chi connectivity index (χ1) is 12.2. The first-order valence-electron chi connectivity index (χ1n) is 9.32. The molecular formula is C18H27N5O2. The number of amides is 1. The van der Waals surface area contributed by atoms with Crippen molar-refractivity contribution < 1.29 is 9.53 Å². The Kier molecular flexibility index (Phi) is 4.96. The van der Waals surface area contributed by atoms with Gasteiger partial charge in [0.25, 0.3) is 5.91 Å². The van der Waals surface area contributed by atoms with Crippen LogP contribution in [0.4, 0.5) is 0 Å². The van der Waals surface area contributed by atoms with Crippen LogP contribution in [-0.2, 0) is 4.74 Å². The molecule has 0 saturated carbocycles. The number of fused-ring (bicyclic) bond motifs is 1. The Hall–Kier alpha value is -1.57. The maximum absolute atomic E-state index is 12.9. The van der Waals surface area contributed by atoms with Crippen molar-refractivity contribution in [3.63, 3.8) is 0 Å². The molecule has 3 saturated heterocycles. The predicted octanol–water partition coefficient (Wildman–Crippen LogP) is 0.344. The highest BCUT2D eigenvalue weighted by molar-refractivity contribution is 5.92. The van der Waals surface area contributed by atoms with Crippen molar-refractivity contribution in [2.75, 3.05) is 52.9 Å². The second kappa shape index (κ2) is 7.35. The Bertz CT molecular complexity index is 590. The average Bonchev–Trinajstić information content (AvgIpc) is 2.68. The fourth-order valence-corrected chi connectivity index (χ4v) is 4.39. The lowest BCUT2D eigenvalue weighted by atomic mass is 9.84. The molecule has 4 rings (SSSR count). The van der Waals surface area contributed by atoms with E-state index in [1.54, 1.807) is 12.3 Å². The summed E-state index contributed by atoms with van der Waals surface area (Å²) in [6, 6.07) is 2.00. The van der Waals surface area contributed by atoms with Crippen LogP contribution in [0.5, 0.6) is 0 Å². The number of ether oxygens (including phenoxy) is 1. The molecule has 3 aliphatic rings. The summed E-state index contributed by atoms with van der Waals surface area (Å²) in [6.45, 7) is 6.60. The van der Waals surface area contributed by atoms with E-state index in [0.717, 1.165) is 58.7 Å². The van der Waals surface area contributed by atoms with Crippen LogP contribution in [0.2, 0.25) is 0 Å². The Morgan fingerprint density at radius 2 is 2.08 bits per heavy atom. The van der Waals surface area contributed by atoms with Crippen LogP contribution in [0.25, 0.3) is 0 Å². The highest BCUT2D eigenvalue weighted by Gasteiger charge is 2.43. The number of rotatable bonds is 2. The molecule has 0 aliphatic carbocycles. The minimum absolute atomic E-state index is 0.0190. The molecule has 0 N–H and O–H groups in total. The smallest absolute Gasteiger partial charge is 0.272 e. The van der Waals surface area contributed by atoms with E-state index < -0.39 is 0 Å². The highest BCUT2D eigenvalue weighted by atomic mass is 16.5. The predicted molar refractivity (Wildman–Crippen MR) is 93.3 cm³/mol. The summed E-state index contributed by atoms with van der Waals surface area (Å²) in [5, 5.41) is 0. The van der Waals surface area contributed by atoms with E-state index in [1.165, 1.54) is 6.33 Å². The van der Waals surface area contributed by atoms with E-state index in [4.69, 9.17) is 4.74 Å². The third kappa shape index (κ3) is 3.54. The molecule has 0 aromatic carbocycles. The quantitative estimate of drug-likeness (QED) is 0.771. The van der Waals surface area contributed by atoms with Crippen molar-refractivity contribution in [3.05, 3.63) is 24.3 Å². The summed E-state index contributed by atoms with van der Waals surface area (Å²) in [4.78, 5) is 27.9. The van der Waals surface area contributed by atoms with Gasteiger partial charge in [-0.25, -0.2) is 9.97 Å². The van der Waals surface area contributed by atoms with Gasteiger partial charge in [0.2, 0.25) is 0 Å². The lowest BCUT2D eigenvalue weighted by Crippen LogP contribution is -2.64. The monoisotopic (exact) mass is 345 g/mol. The fourth-order valence-electron chi connectivity index (χ4n) is 4.39. The zero-order chi connectivity index (χ0) is 17.2. The minimum atomic E-state index is 0.0190. The van der Waals surface area contributed by atoms with Crippen molar-refractivity contribution in [2.24, 2.45) is 5.92 Å². The largest absolute Gasteiger partial charge is 0.376 e. The molecule has 1 aromatic heterocycles. The molecule has 7 nitrogen and oxygen atoms in total. The van der Waals surface area contributed by atoms with E-state index in [9.17, 15) is 4.79 Å². The Balaban J connectivity index is 1.53. The Labute approximate surface area is 149 Å². The zero-order valence-electron chi connectivity index (χ0n) is 14.9. The molecule has 0 radical (unpaired) electrons. The standard InChI is InChI=1S/C18H27N5O2/c1-21-6-8-22(9-7-21)16-12-23(11-14-3-2-10-25-17(14)16)18(24)15-4-5-19-13-20-15/h4-5,13-14,16-17H,2-3,6-12H2,1H3/t14-,16+,17-/m0/s1. The average molecular weight is 345 g/mol. The highest BCUT2D eigenvalue weighted by Crippen LogP contribution is 2.32. The molecule has 0 spiro atoms. The van der Waals surface area contributed by atoms with Gasteiger partial charge in [-0.3, -0.25) is 9.69 Å². The van der Waals surface area contributed by atoms with Gasteiger partial charge in [-0.2, -0.15) is 0 Å². The number of likely N-dealkylation sites (N-methyl/N-ethyl adjacent to an activating group) is 1. The van der Waals surface area contributed by atoms with Crippen LogP contribution in [0.1, 0.15) is 23.3 Å².